The van der Waals surface area contributed by atoms with Crippen molar-refractivity contribution in [1.29, 1.82) is 0 Å². The van der Waals surface area contributed by atoms with Crippen LogP contribution in [0, 0.1) is 5.82 Å². The van der Waals surface area contributed by atoms with Crippen LogP contribution in [0.15, 0.2) is 48.8 Å². The van der Waals surface area contributed by atoms with Crippen molar-refractivity contribution in [2.45, 2.75) is 0 Å². The molecule has 4 nitrogen and oxygen atoms in total. The lowest BCUT2D eigenvalue weighted by atomic mass is 10.1. The van der Waals surface area contributed by atoms with Crippen LogP contribution in [0.4, 0.5) is 15.8 Å². The summed E-state index contributed by atoms with van der Waals surface area (Å²) in [5, 5.41) is 4.00. The van der Waals surface area contributed by atoms with Crippen LogP contribution < -0.4 is 11.5 Å². The maximum atomic E-state index is 14.3. The van der Waals surface area contributed by atoms with Crippen molar-refractivity contribution in [3.8, 4) is 16.8 Å². The monoisotopic (exact) mass is 302 g/mol. The van der Waals surface area contributed by atoms with E-state index in [1.807, 2.05) is 30.3 Å². The van der Waals surface area contributed by atoms with Crippen LogP contribution in [-0.2, 0) is 0 Å². The molecule has 0 aliphatic rings. The number of hydrogen-bond donors (Lipinski definition) is 2. The largest absolute Gasteiger partial charge is 0.397 e. The van der Waals surface area contributed by atoms with E-state index >= 15 is 0 Å². The lowest BCUT2D eigenvalue weighted by Gasteiger charge is -2.10. The lowest BCUT2D eigenvalue weighted by molar-refractivity contribution is 0.613. The van der Waals surface area contributed by atoms with Crippen molar-refractivity contribution in [3.05, 3.63) is 59.6 Å². The number of aromatic nitrogens is 2. The average molecular weight is 303 g/mol. The molecule has 0 bridgehead atoms. The number of hydrogen-bond acceptors (Lipinski definition) is 3. The molecule has 3 rings (SSSR count). The van der Waals surface area contributed by atoms with Crippen LogP contribution >= 0.6 is 11.6 Å². The van der Waals surface area contributed by atoms with Gasteiger partial charge in [0.15, 0.2) is 5.82 Å². The Morgan fingerprint density at radius 1 is 1.05 bits per heavy atom. The fourth-order valence-electron chi connectivity index (χ4n) is 2.11. The second-order valence-corrected chi connectivity index (χ2v) is 4.95. The molecule has 0 saturated heterocycles. The molecule has 0 spiro atoms. The van der Waals surface area contributed by atoms with Gasteiger partial charge in [0.05, 0.1) is 17.6 Å². The number of nitrogen functional groups attached to an aromatic ring is 2. The molecule has 106 valence electrons. The fraction of sp³-hybridized carbons (Fsp3) is 0. The highest BCUT2D eigenvalue weighted by molar-refractivity contribution is 6.33. The smallest absolute Gasteiger partial charge is 0.171 e. The van der Waals surface area contributed by atoms with E-state index in [-0.39, 0.29) is 22.1 Å². The van der Waals surface area contributed by atoms with Gasteiger partial charge < -0.3 is 11.5 Å². The lowest BCUT2D eigenvalue weighted by Crippen LogP contribution is -2.05. The number of nitrogens with zero attached hydrogens (tertiary/aromatic N) is 2. The van der Waals surface area contributed by atoms with Gasteiger partial charge in [-0.05, 0) is 11.6 Å². The third-order valence-electron chi connectivity index (χ3n) is 3.16. The zero-order valence-electron chi connectivity index (χ0n) is 10.9. The molecule has 6 heteroatoms. The highest BCUT2D eigenvalue weighted by Crippen LogP contribution is 2.32. The van der Waals surface area contributed by atoms with E-state index in [1.165, 1.54) is 10.7 Å². The molecule has 0 radical (unpaired) electrons. The minimum atomic E-state index is -0.683. The molecule has 0 aliphatic heterocycles. The summed E-state index contributed by atoms with van der Waals surface area (Å²) in [6.07, 6.45) is 3.33. The highest BCUT2D eigenvalue weighted by Gasteiger charge is 2.17. The summed E-state index contributed by atoms with van der Waals surface area (Å²) in [4.78, 5) is 0. The molecule has 2 aromatic carbocycles. The van der Waals surface area contributed by atoms with E-state index in [2.05, 4.69) is 5.10 Å². The molecule has 0 amide bonds. The van der Waals surface area contributed by atoms with E-state index in [1.54, 1.807) is 12.4 Å². The Balaban J connectivity index is 2.11. The predicted molar refractivity (Wildman–Crippen MR) is 82.8 cm³/mol. The first kappa shape index (κ1) is 13.5. The van der Waals surface area contributed by atoms with Gasteiger partial charge in [-0.1, -0.05) is 41.9 Å². The van der Waals surface area contributed by atoms with Gasteiger partial charge in [0.25, 0.3) is 0 Å². The molecule has 0 fully saturated rings. The van der Waals surface area contributed by atoms with Crippen molar-refractivity contribution in [2.24, 2.45) is 0 Å². The third-order valence-corrected chi connectivity index (χ3v) is 3.54. The van der Waals surface area contributed by atoms with Crippen LogP contribution in [0.3, 0.4) is 0 Å². The van der Waals surface area contributed by atoms with E-state index in [4.69, 9.17) is 23.1 Å². The van der Waals surface area contributed by atoms with Crippen molar-refractivity contribution >= 4 is 23.0 Å². The SMILES string of the molecule is Nc1cc(N)c(-n2cc(-c3ccccc3)cn2)c(F)c1Cl. The molecule has 0 aliphatic carbocycles. The molecule has 4 N–H and O–H groups in total. The second kappa shape index (κ2) is 5.10. The second-order valence-electron chi connectivity index (χ2n) is 4.57. The van der Waals surface area contributed by atoms with Gasteiger partial charge in [0.1, 0.15) is 10.7 Å². The Labute approximate surface area is 125 Å². The summed E-state index contributed by atoms with van der Waals surface area (Å²) in [5.41, 5.74) is 13.6. The Morgan fingerprint density at radius 2 is 1.76 bits per heavy atom. The molecule has 21 heavy (non-hydrogen) atoms. The Hall–Kier alpha value is -2.53. The Morgan fingerprint density at radius 3 is 2.48 bits per heavy atom. The first-order valence-corrected chi connectivity index (χ1v) is 6.59. The van der Waals surface area contributed by atoms with Crippen molar-refractivity contribution in [2.75, 3.05) is 11.5 Å². The van der Waals surface area contributed by atoms with Crippen LogP contribution in [0.1, 0.15) is 0 Å². The van der Waals surface area contributed by atoms with Gasteiger partial charge in [0, 0.05) is 11.8 Å². The summed E-state index contributed by atoms with van der Waals surface area (Å²) >= 11 is 5.83. The highest BCUT2D eigenvalue weighted by atomic mass is 35.5. The van der Waals surface area contributed by atoms with Crippen LogP contribution in [0.25, 0.3) is 16.8 Å². The van der Waals surface area contributed by atoms with Crippen LogP contribution in [0.2, 0.25) is 5.02 Å². The molecule has 1 heterocycles. The third kappa shape index (κ3) is 2.32. The zero-order chi connectivity index (χ0) is 15.0. The Kier molecular flexibility index (Phi) is 3.27. The normalized spacial score (nSPS) is 10.8. The number of anilines is 2. The summed E-state index contributed by atoms with van der Waals surface area (Å²) in [6.45, 7) is 0. The molecule has 0 saturated carbocycles. The van der Waals surface area contributed by atoms with Gasteiger partial charge in [-0.3, -0.25) is 0 Å². The summed E-state index contributed by atoms with van der Waals surface area (Å²) in [6, 6.07) is 11.1. The molecule has 0 unspecified atom stereocenters. The van der Waals surface area contributed by atoms with E-state index in [0.29, 0.717) is 0 Å². The number of nitrogens with two attached hydrogens (primary N) is 2. The van der Waals surface area contributed by atoms with Gasteiger partial charge in [-0.15, -0.1) is 0 Å². The van der Waals surface area contributed by atoms with Gasteiger partial charge in [-0.2, -0.15) is 5.10 Å². The number of benzene rings is 2. The summed E-state index contributed by atoms with van der Waals surface area (Å²) < 4.78 is 15.6. The van der Waals surface area contributed by atoms with E-state index in [0.717, 1.165) is 11.1 Å². The quantitative estimate of drug-likeness (QED) is 0.712. The summed E-state index contributed by atoms with van der Waals surface area (Å²) in [5.74, 6) is -0.683. The molecular formula is C15H12ClFN4. The molecule has 1 aromatic heterocycles. The van der Waals surface area contributed by atoms with Crippen molar-refractivity contribution in [3.63, 3.8) is 0 Å². The zero-order valence-corrected chi connectivity index (χ0v) is 11.7. The fourth-order valence-corrected chi connectivity index (χ4v) is 2.26. The van der Waals surface area contributed by atoms with Gasteiger partial charge >= 0.3 is 0 Å². The van der Waals surface area contributed by atoms with E-state index < -0.39 is 5.82 Å². The topological polar surface area (TPSA) is 69.9 Å². The molecule has 3 aromatic rings. The summed E-state index contributed by atoms with van der Waals surface area (Å²) in [7, 11) is 0. The van der Waals surface area contributed by atoms with Gasteiger partial charge in [0.2, 0.25) is 0 Å². The predicted octanol–water partition coefficient (Wildman–Crippen LogP) is 3.50. The average Bonchev–Trinajstić information content (AvgIpc) is 2.95. The standard InChI is InChI=1S/C15H12ClFN4/c16-13-11(18)6-12(19)15(14(13)17)21-8-10(7-20-21)9-4-2-1-3-5-9/h1-8H,18-19H2. The van der Waals surface area contributed by atoms with E-state index in [9.17, 15) is 4.39 Å². The first-order valence-electron chi connectivity index (χ1n) is 6.21. The first-order chi connectivity index (χ1) is 10.1. The maximum absolute atomic E-state index is 14.3. The maximum Gasteiger partial charge on any atom is 0.171 e. The minimum Gasteiger partial charge on any atom is -0.397 e. The number of halogens is 2. The van der Waals surface area contributed by atoms with Crippen molar-refractivity contribution < 1.29 is 4.39 Å². The van der Waals surface area contributed by atoms with Crippen LogP contribution in [0.5, 0.6) is 0 Å². The van der Waals surface area contributed by atoms with Crippen LogP contribution in [-0.4, -0.2) is 9.78 Å². The Bertz CT molecular complexity index is 799. The number of rotatable bonds is 2. The minimum absolute atomic E-state index is 0.0939. The molecule has 0 atom stereocenters. The van der Waals surface area contributed by atoms with Crippen molar-refractivity contribution in [1.82, 2.24) is 9.78 Å². The molecular weight excluding hydrogens is 291 g/mol. The van der Waals surface area contributed by atoms with Gasteiger partial charge in [-0.25, -0.2) is 9.07 Å².